The number of phosphoric ester groups is 1. The number of hydrogen-bond acceptors (Lipinski definition) is 8. The number of unbranched alkanes of at least 4 members (excludes halogenated alkanes) is 13. The Morgan fingerprint density at radius 3 is 1.88 bits per heavy atom. The molecule has 294 valence electrons. The topological polar surface area (TPSA) is 138 Å². The number of rotatable bonds is 36. The van der Waals surface area contributed by atoms with E-state index in [9.17, 15) is 19.4 Å². The summed E-state index contributed by atoms with van der Waals surface area (Å²) in [6, 6.07) is 0. The van der Waals surface area contributed by atoms with E-state index in [1.807, 2.05) is 37.3 Å². The van der Waals surface area contributed by atoms with Gasteiger partial charge in [-0.15, -0.1) is 0 Å². The van der Waals surface area contributed by atoms with Crippen LogP contribution in [0.2, 0.25) is 0 Å². The van der Waals surface area contributed by atoms with Gasteiger partial charge in [-0.3, -0.25) is 13.8 Å². The highest BCUT2D eigenvalue weighted by molar-refractivity contribution is 7.47. The van der Waals surface area contributed by atoms with Crippen LogP contribution in [0.25, 0.3) is 0 Å². The van der Waals surface area contributed by atoms with Gasteiger partial charge in [-0.2, -0.15) is 0 Å². The number of aliphatic hydroxyl groups excluding tert-OH is 1. The Balaban J connectivity index is 4.28. The van der Waals surface area contributed by atoms with Gasteiger partial charge in [0.05, 0.1) is 25.6 Å². The first-order valence-electron chi connectivity index (χ1n) is 19.6. The molecule has 4 N–H and O–H groups in total. The zero-order valence-electron chi connectivity index (χ0n) is 31.9. The molecule has 0 amide bonds. The molecule has 51 heavy (non-hydrogen) atoms. The van der Waals surface area contributed by atoms with E-state index in [0.29, 0.717) is 6.42 Å². The van der Waals surface area contributed by atoms with Crippen LogP contribution in [0, 0.1) is 0 Å². The second-order valence-electron chi connectivity index (χ2n) is 12.7. The first kappa shape index (κ1) is 48.7. The number of carbonyl (C=O) groups excluding carboxylic acids is 1. The molecule has 0 rings (SSSR count). The van der Waals surface area contributed by atoms with Crippen LogP contribution in [0.15, 0.2) is 73.1 Å². The summed E-state index contributed by atoms with van der Waals surface area (Å²) >= 11 is 0. The number of phosphoric acid groups is 1. The van der Waals surface area contributed by atoms with Crippen LogP contribution in [-0.2, 0) is 27.9 Å². The summed E-state index contributed by atoms with van der Waals surface area (Å²) in [6.45, 7) is 3.81. The average Bonchev–Trinajstić information content (AvgIpc) is 3.12. The van der Waals surface area contributed by atoms with E-state index < -0.39 is 19.9 Å². The Hall–Kier alpha value is -2.26. The number of nitrogens with two attached hydrogens (primary N) is 1. The Bertz CT molecular complexity index is 1020. The summed E-state index contributed by atoms with van der Waals surface area (Å²) in [5, 5.41) is 9.46. The second-order valence-corrected chi connectivity index (χ2v) is 14.1. The van der Waals surface area contributed by atoms with Gasteiger partial charge >= 0.3 is 13.8 Å². The molecule has 0 bridgehead atoms. The van der Waals surface area contributed by atoms with Gasteiger partial charge in [0.15, 0.2) is 6.10 Å². The van der Waals surface area contributed by atoms with Gasteiger partial charge in [0.25, 0.3) is 0 Å². The van der Waals surface area contributed by atoms with Crippen LogP contribution in [0.4, 0.5) is 0 Å². The molecular formula is C41H72NO8P. The smallest absolute Gasteiger partial charge is 0.472 e. The van der Waals surface area contributed by atoms with Crippen LogP contribution in [0.1, 0.15) is 142 Å². The minimum Gasteiger partial charge on any atom is -0.498 e. The minimum atomic E-state index is -4.31. The second kappa shape index (κ2) is 37.5. The fraction of sp³-hybridized carbons (Fsp3) is 0.683. The lowest BCUT2D eigenvalue weighted by molar-refractivity contribution is -0.153. The zero-order valence-corrected chi connectivity index (χ0v) is 32.8. The first-order valence-corrected chi connectivity index (χ1v) is 21.1. The summed E-state index contributed by atoms with van der Waals surface area (Å²) in [5.41, 5.74) is 5.34. The quantitative estimate of drug-likeness (QED) is 0.0143. The maximum atomic E-state index is 12.5. The molecule has 0 spiro atoms. The Labute approximate surface area is 310 Å². The van der Waals surface area contributed by atoms with Crippen molar-refractivity contribution in [3.05, 3.63) is 73.1 Å². The zero-order chi connectivity index (χ0) is 37.5. The number of allylic oxidation sites excluding steroid dienone is 10. The van der Waals surface area contributed by atoms with Gasteiger partial charge in [-0.1, -0.05) is 145 Å². The third-order valence-electron chi connectivity index (χ3n) is 7.86. The van der Waals surface area contributed by atoms with Gasteiger partial charge in [0.1, 0.15) is 6.61 Å². The molecule has 0 saturated carbocycles. The lowest BCUT2D eigenvalue weighted by atomic mass is 10.0. The van der Waals surface area contributed by atoms with Crippen LogP contribution < -0.4 is 5.73 Å². The molecule has 0 fully saturated rings. The van der Waals surface area contributed by atoms with E-state index in [1.165, 1.54) is 70.6 Å². The van der Waals surface area contributed by atoms with Crippen LogP contribution in [-0.4, -0.2) is 54.5 Å². The molecule has 0 aromatic rings. The van der Waals surface area contributed by atoms with Crippen molar-refractivity contribution < 1.29 is 37.9 Å². The predicted octanol–water partition coefficient (Wildman–Crippen LogP) is 10.5. The molecule has 0 saturated heterocycles. The number of aliphatic hydroxyl groups is 1. The lowest BCUT2D eigenvalue weighted by Crippen LogP contribution is -2.27. The van der Waals surface area contributed by atoms with Crippen molar-refractivity contribution in [2.45, 2.75) is 154 Å². The lowest BCUT2D eigenvalue weighted by Gasteiger charge is -2.19. The molecule has 0 aliphatic carbocycles. The first-order chi connectivity index (χ1) is 24.8. The molecule has 0 heterocycles. The summed E-state index contributed by atoms with van der Waals surface area (Å²) in [7, 11) is -4.31. The van der Waals surface area contributed by atoms with Gasteiger partial charge in [-0.05, 0) is 57.4 Å². The molecular weight excluding hydrogens is 665 g/mol. The van der Waals surface area contributed by atoms with Crippen molar-refractivity contribution in [2.75, 3.05) is 26.4 Å². The number of hydrogen-bond donors (Lipinski definition) is 3. The van der Waals surface area contributed by atoms with Crippen LogP contribution >= 0.6 is 7.82 Å². The highest BCUT2D eigenvalue weighted by atomic mass is 31.2. The van der Waals surface area contributed by atoms with Crippen molar-refractivity contribution in [1.82, 2.24) is 0 Å². The molecule has 0 aromatic carbocycles. The maximum Gasteiger partial charge on any atom is 0.472 e. The molecule has 1 unspecified atom stereocenters. The number of carbonyl (C=O) groups is 1. The average molecular weight is 738 g/mol. The highest BCUT2D eigenvalue weighted by Crippen LogP contribution is 2.43. The molecule has 9 nitrogen and oxygen atoms in total. The predicted molar refractivity (Wildman–Crippen MR) is 211 cm³/mol. The molecule has 0 aliphatic rings. The number of esters is 1. The van der Waals surface area contributed by atoms with Crippen molar-refractivity contribution >= 4 is 13.8 Å². The van der Waals surface area contributed by atoms with E-state index in [0.717, 1.165) is 44.9 Å². The number of ether oxygens (including phenoxy) is 2. The normalized spacial score (nSPS) is 14.9. The van der Waals surface area contributed by atoms with Gasteiger partial charge in [0, 0.05) is 13.0 Å². The standard InChI is InChI=1S/C41H72NO8P/c1-3-5-6-7-8-9-10-11-16-19-22-25-28-31-35-47-37-40(38-49-51(45,46)48-36-34-42)50-41(44)33-30-27-24-21-18-15-13-12-14-17-20-23-26-29-32-39(43)4-2/h13-15,17,21,23-24,26,29,31-32,35,39-40,43H,3-12,16,18-20,22,25,27-28,30,33-34,36-38,42H2,1-2H3,(H,45,46)/b15-13-,17-14-,24-21-,26-23-,32-29+,35-31+/t39-,40-/m1/s1. The summed E-state index contributed by atoms with van der Waals surface area (Å²) in [5.74, 6) is -0.423. The van der Waals surface area contributed by atoms with Gasteiger partial charge < -0.3 is 25.2 Å². The van der Waals surface area contributed by atoms with Gasteiger partial charge in [0.2, 0.25) is 0 Å². The van der Waals surface area contributed by atoms with Gasteiger partial charge in [-0.25, -0.2) is 4.57 Å². The van der Waals surface area contributed by atoms with E-state index in [4.69, 9.17) is 24.3 Å². The van der Waals surface area contributed by atoms with Crippen LogP contribution in [0.5, 0.6) is 0 Å². The van der Waals surface area contributed by atoms with E-state index in [2.05, 4.69) is 37.3 Å². The van der Waals surface area contributed by atoms with Crippen molar-refractivity contribution in [1.29, 1.82) is 0 Å². The van der Waals surface area contributed by atoms with Crippen molar-refractivity contribution in [3.63, 3.8) is 0 Å². The molecule has 3 atom stereocenters. The molecule has 0 aliphatic heterocycles. The molecule has 10 heteroatoms. The van der Waals surface area contributed by atoms with Crippen LogP contribution in [0.3, 0.4) is 0 Å². The van der Waals surface area contributed by atoms with Crippen molar-refractivity contribution in [2.24, 2.45) is 5.73 Å². The Morgan fingerprint density at radius 2 is 1.27 bits per heavy atom. The van der Waals surface area contributed by atoms with E-state index in [1.54, 1.807) is 12.3 Å². The minimum absolute atomic E-state index is 0.00288. The van der Waals surface area contributed by atoms with Crippen molar-refractivity contribution in [3.8, 4) is 0 Å². The SMILES string of the molecule is CCCCCCCCCCCCCC/C=C/OC[C@H](COP(=O)(O)OCCN)OC(=O)CCC/C=C\C/C=C\C/C=C\C/C=C\C=C\[C@H](O)CC. The Morgan fingerprint density at radius 1 is 0.706 bits per heavy atom. The summed E-state index contributed by atoms with van der Waals surface area (Å²) in [6.07, 6.45) is 43.9. The largest absolute Gasteiger partial charge is 0.498 e. The third kappa shape index (κ3) is 37.3. The fourth-order valence-corrected chi connectivity index (χ4v) is 5.60. The molecule has 0 aromatic heterocycles. The highest BCUT2D eigenvalue weighted by Gasteiger charge is 2.25. The summed E-state index contributed by atoms with van der Waals surface area (Å²) in [4.78, 5) is 22.4. The monoisotopic (exact) mass is 737 g/mol. The third-order valence-corrected chi connectivity index (χ3v) is 8.84. The van der Waals surface area contributed by atoms with E-state index >= 15 is 0 Å². The molecule has 0 radical (unpaired) electrons. The summed E-state index contributed by atoms with van der Waals surface area (Å²) < 4.78 is 33.0. The maximum absolute atomic E-state index is 12.5. The Kier molecular flexibility index (Phi) is 35.8. The fourth-order valence-electron chi connectivity index (χ4n) is 4.83. The van der Waals surface area contributed by atoms with E-state index in [-0.39, 0.29) is 38.9 Å².